The van der Waals surface area contributed by atoms with Gasteiger partial charge in [0, 0.05) is 0 Å². The van der Waals surface area contributed by atoms with E-state index in [9.17, 15) is 0 Å². The summed E-state index contributed by atoms with van der Waals surface area (Å²) in [7, 11) is 0. The Balaban J connectivity index is 2.48. The van der Waals surface area contributed by atoms with Gasteiger partial charge < -0.3 is 10.2 Å². The molecular weight excluding hydrogens is 198 g/mol. The van der Waals surface area contributed by atoms with Gasteiger partial charge in [0.2, 0.25) is 0 Å². The van der Waals surface area contributed by atoms with Crippen molar-refractivity contribution in [3.05, 3.63) is 58.5 Å². The fourth-order valence-electron chi connectivity index (χ4n) is 2.29. The average molecular weight is 215 g/mol. The maximum Gasteiger partial charge on any atom is 0.125 e. The molecule has 1 atom stereocenters. The standard InChI is InChI=1S/C14H17NO/c1-9-7-10(2)13(11(3)8-9)14(15)12-5-4-6-16-12/h4-8,14H,15H2,1-3H3. The van der Waals surface area contributed by atoms with Crippen molar-refractivity contribution in [2.75, 3.05) is 0 Å². The summed E-state index contributed by atoms with van der Waals surface area (Å²) in [5.41, 5.74) is 11.1. The van der Waals surface area contributed by atoms with Crippen molar-refractivity contribution >= 4 is 0 Å². The first-order valence-electron chi connectivity index (χ1n) is 5.46. The molecule has 2 aromatic rings. The predicted octanol–water partition coefficient (Wildman–Crippen LogP) is 3.25. The third-order valence-electron chi connectivity index (χ3n) is 2.90. The molecule has 1 heterocycles. The van der Waals surface area contributed by atoms with Crippen LogP contribution in [-0.2, 0) is 0 Å². The lowest BCUT2D eigenvalue weighted by molar-refractivity contribution is 0.488. The van der Waals surface area contributed by atoms with Crippen LogP contribution in [0.4, 0.5) is 0 Å². The van der Waals surface area contributed by atoms with Crippen LogP contribution in [0.5, 0.6) is 0 Å². The number of aryl methyl sites for hydroxylation is 3. The molecule has 16 heavy (non-hydrogen) atoms. The normalized spacial score (nSPS) is 12.8. The molecule has 2 heteroatoms. The maximum atomic E-state index is 6.22. The first-order chi connectivity index (χ1) is 7.59. The van der Waals surface area contributed by atoms with Gasteiger partial charge in [0.15, 0.2) is 0 Å². The minimum Gasteiger partial charge on any atom is -0.467 e. The zero-order valence-corrected chi connectivity index (χ0v) is 9.95. The van der Waals surface area contributed by atoms with Crippen LogP contribution in [0.15, 0.2) is 34.9 Å². The van der Waals surface area contributed by atoms with E-state index in [0.717, 1.165) is 5.76 Å². The lowest BCUT2D eigenvalue weighted by Gasteiger charge is -2.16. The molecule has 0 bridgehead atoms. The van der Waals surface area contributed by atoms with E-state index in [-0.39, 0.29) is 6.04 Å². The van der Waals surface area contributed by atoms with Crippen molar-refractivity contribution in [1.82, 2.24) is 0 Å². The monoisotopic (exact) mass is 215 g/mol. The smallest absolute Gasteiger partial charge is 0.125 e. The van der Waals surface area contributed by atoms with Gasteiger partial charge in [-0.1, -0.05) is 17.7 Å². The predicted molar refractivity (Wildman–Crippen MR) is 65.4 cm³/mol. The van der Waals surface area contributed by atoms with E-state index in [1.165, 1.54) is 22.3 Å². The molecule has 1 aromatic carbocycles. The molecule has 0 aliphatic rings. The zero-order valence-electron chi connectivity index (χ0n) is 9.95. The molecule has 2 N–H and O–H groups in total. The summed E-state index contributed by atoms with van der Waals surface area (Å²) in [6, 6.07) is 7.93. The Hall–Kier alpha value is -1.54. The highest BCUT2D eigenvalue weighted by Crippen LogP contribution is 2.27. The Morgan fingerprint density at radius 3 is 2.25 bits per heavy atom. The van der Waals surface area contributed by atoms with Crippen molar-refractivity contribution in [3.8, 4) is 0 Å². The van der Waals surface area contributed by atoms with E-state index in [0.29, 0.717) is 0 Å². The molecule has 0 amide bonds. The topological polar surface area (TPSA) is 39.2 Å². The number of nitrogens with two attached hydrogens (primary N) is 1. The van der Waals surface area contributed by atoms with Crippen LogP contribution >= 0.6 is 0 Å². The third kappa shape index (κ3) is 1.89. The molecule has 0 fully saturated rings. The molecule has 84 valence electrons. The zero-order chi connectivity index (χ0) is 11.7. The van der Waals surface area contributed by atoms with E-state index in [1.54, 1.807) is 6.26 Å². The molecule has 1 unspecified atom stereocenters. The summed E-state index contributed by atoms with van der Waals surface area (Å²) in [6.45, 7) is 6.29. The second-order valence-electron chi connectivity index (χ2n) is 4.31. The molecule has 0 aliphatic carbocycles. The minimum atomic E-state index is -0.171. The Morgan fingerprint density at radius 2 is 1.75 bits per heavy atom. The molecule has 0 radical (unpaired) electrons. The molecule has 0 spiro atoms. The molecule has 0 saturated heterocycles. The summed E-state index contributed by atoms with van der Waals surface area (Å²) < 4.78 is 5.36. The van der Waals surface area contributed by atoms with Gasteiger partial charge in [0.25, 0.3) is 0 Å². The molecule has 1 aromatic heterocycles. The van der Waals surface area contributed by atoms with Gasteiger partial charge in [-0.15, -0.1) is 0 Å². The van der Waals surface area contributed by atoms with Crippen LogP contribution in [0.3, 0.4) is 0 Å². The number of hydrogen-bond donors (Lipinski definition) is 1. The summed E-state index contributed by atoms with van der Waals surface area (Å²) in [6.07, 6.45) is 1.66. The van der Waals surface area contributed by atoms with Crippen LogP contribution in [0.25, 0.3) is 0 Å². The number of hydrogen-bond acceptors (Lipinski definition) is 2. The Kier molecular flexibility index (Phi) is 2.84. The Labute approximate surface area is 96.1 Å². The van der Waals surface area contributed by atoms with Gasteiger partial charge in [0.05, 0.1) is 12.3 Å². The molecule has 0 saturated carbocycles. The van der Waals surface area contributed by atoms with Gasteiger partial charge in [-0.25, -0.2) is 0 Å². The highest BCUT2D eigenvalue weighted by atomic mass is 16.3. The van der Waals surface area contributed by atoms with E-state index < -0.39 is 0 Å². The quantitative estimate of drug-likeness (QED) is 0.835. The molecular formula is C14H17NO. The Bertz CT molecular complexity index is 462. The van der Waals surface area contributed by atoms with Crippen LogP contribution in [0, 0.1) is 20.8 Å². The highest BCUT2D eigenvalue weighted by Gasteiger charge is 2.16. The van der Waals surface area contributed by atoms with Crippen molar-refractivity contribution in [2.24, 2.45) is 5.73 Å². The van der Waals surface area contributed by atoms with Gasteiger partial charge in [0.1, 0.15) is 5.76 Å². The highest BCUT2D eigenvalue weighted by molar-refractivity contribution is 5.42. The largest absolute Gasteiger partial charge is 0.467 e. The maximum absolute atomic E-state index is 6.22. The van der Waals surface area contributed by atoms with E-state index in [1.807, 2.05) is 12.1 Å². The van der Waals surface area contributed by atoms with Crippen molar-refractivity contribution in [2.45, 2.75) is 26.8 Å². The van der Waals surface area contributed by atoms with Gasteiger partial charge in [-0.05, 0) is 49.6 Å². The van der Waals surface area contributed by atoms with Crippen LogP contribution in [0.1, 0.15) is 34.1 Å². The van der Waals surface area contributed by atoms with Gasteiger partial charge >= 0.3 is 0 Å². The second-order valence-corrected chi connectivity index (χ2v) is 4.31. The van der Waals surface area contributed by atoms with Crippen LogP contribution in [0.2, 0.25) is 0 Å². The lowest BCUT2D eigenvalue weighted by Crippen LogP contribution is -2.14. The van der Waals surface area contributed by atoms with Gasteiger partial charge in [-0.2, -0.15) is 0 Å². The third-order valence-corrected chi connectivity index (χ3v) is 2.90. The fourth-order valence-corrected chi connectivity index (χ4v) is 2.29. The molecule has 0 aliphatic heterocycles. The van der Waals surface area contributed by atoms with E-state index in [4.69, 9.17) is 10.2 Å². The van der Waals surface area contributed by atoms with Crippen molar-refractivity contribution in [3.63, 3.8) is 0 Å². The number of furan rings is 1. The summed E-state index contributed by atoms with van der Waals surface area (Å²) in [5.74, 6) is 0.815. The van der Waals surface area contributed by atoms with E-state index >= 15 is 0 Å². The average Bonchev–Trinajstić information content (AvgIpc) is 2.67. The lowest BCUT2D eigenvalue weighted by atomic mass is 9.93. The van der Waals surface area contributed by atoms with Crippen LogP contribution < -0.4 is 5.73 Å². The van der Waals surface area contributed by atoms with Crippen LogP contribution in [-0.4, -0.2) is 0 Å². The van der Waals surface area contributed by atoms with E-state index in [2.05, 4.69) is 32.9 Å². The first kappa shape index (κ1) is 11.0. The van der Waals surface area contributed by atoms with Crippen molar-refractivity contribution in [1.29, 1.82) is 0 Å². The minimum absolute atomic E-state index is 0.171. The van der Waals surface area contributed by atoms with Gasteiger partial charge in [-0.3, -0.25) is 0 Å². The molecule has 2 nitrogen and oxygen atoms in total. The summed E-state index contributed by atoms with van der Waals surface area (Å²) in [5, 5.41) is 0. The van der Waals surface area contributed by atoms with Crippen molar-refractivity contribution < 1.29 is 4.42 Å². The number of benzene rings is 1. The summed E-state index contributed by atoms with van der Waals surface area (Å²) >= 11 is 0. The fraction of sp³-hybridized carbons (Fsp3) is 0.286. The number of rotatable bonds is 2. The second kappa shape index (κ2) is 4.14. The first-order valence-corrected chi connectivity index (χ1v) is 5.46. The SMILES string of the molecule is Cc1cc(C)c(C(N)c2ccco2)c(C)c1. The Morgan fingerprint density at radius 1 is 1.12 bits per heavy atom. The summed E-state index contributed by atoms with van der Waals surface area (Å²) in [4.78, 5) is 0. The molecule has 2 rings (SSSR count).